The van der Waals surface area contributed by atoms with Gasteiger partial charge in [0.1, 0.15) is 19.8 Å². The van der Waals surface area contributed by atoms with Crippen molar-refractivity contribution in [3.8, 4) is 23.0 Å². The van der Waals surface area contributed by atoms with Crippen molar-refractivity contribution in [1.82, 2.24) is 0 Å². The second kappa shape index (κ2) is 7.29. The van der Waals surface area contributed by atoms with Gasteiger partial charge in [-0.2, -0.15) is 0 Å². The summed E-state index contributed by atoms with van der Waals surface area (Å²) in [6.07, 6.45) is 0. The lowest BCUT2D eigenvalue weighted by atomic mass is 10.1. The molecule has 0 atom stereocenters. The molecule has 0 unspecified atom stereocenters. The molecular weight excluding hydrogens is 331 g/mol. The Morgan fingerprint density at radius 1 is 1.08 bits per heavy atom. The predicted molar refractivity (Wildman–Crippen MR) is 86.1 cm³/mol. The highest BCUT2D eigenvalue weighted by Gasteiger charge is 2.21. The summed E-state index contributed by atoms with van der Waals surface area (Å²) in [5.41, 5.74) is 0.770. The lowest BCUT2D eigenvalue weighted by molar-refractivity contribution is 0.0470. The van der Waals surface area contributed by atoms with Gasteiger partial charge in [0.05, 0.1) is 19.8 Å². The minimum atomic E-state index is -0.577. The number of carbonyl (C=O) groups is 1. The van der Waals surface area contributed by atoms with E-state index in [1.165, 1.54) is 38.5 Å². The fourth-order valence-electron chi connectivity index (χ4n) is 2.42. The smallest absolute Gasteiger partial charge is 0.338 e. The van der Waals surface area contributed by atoms with Crippen molar-refractivity contribution >= 4 is 5.97 Å². The highest BCUT2D eigenvalue weighted by Crippen LogP contribution is 2.40. The fourth-order valence-corrected chi connectivity index (χ4v) is 2.42. The van der Waals surface area contributed by atoms with Gasteiger partial charge in [-0.25, -0.2) is 9.18 Å². The van der Waals surface area contributed by atoms with Crippen LogP contribution in [0.5, 0.6) is 23.0 Å². The first-order chi connectivity index (χ1) is 12.1. The topological polar surface area (TPSA) is 63.2 Å². The van der Waals surface area contributed by atoms with Gasteiger partial charge >= 0.3 is 5.97 Å². The number of methoxy groups -OCH3 is 2. The highest BCUT2D eigenvalue weighted by molar-refractivity contribution is 5.91. The third-order valence-corrected chi connectivity index (χ3v) is 3.65. The van der Waals surface area contributed by atoms with E-state index in [0.717, 1.165) is 0 Å². The molecule has 0 saturated carbocycles. The fraction of sp³-hybridized carbons (Fsp3) is 0.278. The minimum Gasteiger partial charge on any atom is -0.494 e. The van der Waals surface area contributed by atoms with Gasteiger partial charge in [-0.15, -0.1) is 0 Å². The molecule has 25 heavy (non-hydrogen) atoms. The molecule has 0 saturated heterocycles. The van der Waals surface area contributed by atoms with Crippen LogP contribution >= 0.6 is 0 Å². The lowest BCUT2D eigenvalue weighted by Crippen LogP contribution is -2.17. The van der Waals surface area contributed by atoms with Crippen molar-refractivity contribution < 1.29 is 32.9 Å². The molecule has 1 aliphatic rings. The molecule has 0 fully saturated rings. The summed E-state index contributed by atoms with van der Waals surface area (Å²) in [4.78, 5) is 12.3. The number of esters is 1. The molecule has 132 valence electrons. The number of hydrogen-bond acceptors (Lipinski definition) is 6. The molecule has 6 nitrogen and oxygen atoms in total. The van der Waals surface area contributed by atoms with Gasteiger partial charge in [0, 0.05) is 0 Å². The first-order valence-electron chi connectivity index (χ1n) is 7.59. The number of rotatable bonds is 5. The Hall–Kier alpha value is -2.96. The van der Waals surface area contributed by atoms with Crippen LogP contribution in [0, 0.1) is 5.82 Å². The maximum absolute atomic E-state index is 13.7. The predicted octanol–water partition coefficient (Wildman–Crippen LogP) is 2.97. The second-order valence-corrected chi connectivity index (χ2v) is 5.25. The van der Waals surface area contributed by atoms with Gasteiger partial charge in [0.15, 0.2) is 23.1 Å². The first kappa shape index (κ1) is 16.9. The molecule has 2 aromatic carbocycles. The Morgan fingerprint density at radius 2 is 1.84 bits per heavy atom. The molecule has 0 bridgehead atoms. The lowest BCUT2D eigenvalue weighted by Gasteiger charge is -2.21. The summed E-state index contributed by atoms with van der Waals surface area (Å²) >= 11 is 0. The van der Waals surface area contributed by atoms with Gasteiger partial charge in [0.2, 0.25) is 5.75 Å². The minimum absolute atomic E-state index is 0.0729. The molecule has 0 aliphatic carbocycles. The SMILES string of the molecule is COc1ccc(COC(=O)c2cc(OC)c3c(c2)OCCO3)cc1F. The van der Waals surface area contributed by atoms with Gasteiger partial charge in [0.25, 0.3) is 0 Å². The van der Waals surface area contributed by atoms with Crippen molar-refractivity contribution in [3.05, 3.63) is 47.3 Å². The summed E-state index contributed by atoms with van der Waals surface area (Å²) in [7, 11) is 2.86. The summed E-state index contributed by atoms with van der Waals surface area (Å²) in [5, 5.41) is 0. The van der Waals surface area contributed by atoms with E-state index < -0.39 is 11.8 Å². The summed E-state index contributed by atoms with van der Waals surface area (Å²) in [5.74, 6) is 0.311. The normalized spacial score (nSPS) is 12.4. The molecule has 2 aromatic rings. The molecule has 0 radical (unpaired) electrons. The molecule has 7 heteroatoms. The van der Waals surface area contributed by atoms with E-state index in [-0.39, 0.29) is 17.9 Å². The monoisotopic (exact) mass is 348 g/mol. The number of hydrogen-bond donors (Lipinski definition) is 0. The zero-order valence-corrected chi connectivity index (χ0v) is 13.8. The standard InChI is InChI=1S/C18H17FO6/c1-21-14-4-3-11(7-13(14)19)10-25-18(20)12-8-15(22-2)17-16(9-12)23-5-6-24-17/h3-4,7-9H,5-6,10H2,1-2H3. The van der Waals surface area contributed by atoms with Gasteiger partial charge in [-0.3, -0.25) is 0 Å². The van der Waals surface area contributed by atoms with Crippen LogP contribution in [0.1, 0.15) is 15.9 Å². The maximum atomic E-state index is 13.7. The van der Waals surface area contributed by atoms with Gasteiger partial charge < -0.3 is 23.7 Å². The number of benzene rings is 2. The Labute approximate surface area is 144 Å². The molecule has 1 heterocycles. The highest BCUT2D eigenvalue weighted by atomic mass is 19.1. The van der Waals surface area contributed by atoms with E-state index in [0.29, 0.717) is 36.0 Å². The average Bonchev–Trinajstić information content (AvgIpc) is 2.65. The summed E-state index contributed by atoms with van der Waals surface area (Å²) in [6, 6.07) is 7.42. The number of fused-ring (bicyclic) bond motifs is 1. The van der Waals surface area contributed by atoms with Crippen molar-refractivity contribution in [1.29, 1.82) is 0 Å². The van der Waals surface area contributed by atoms with E-state index in [1.54, 1.807) is 6.07 Å². The summed E-state index contributed by atoms with van der Waals surface area (Å²) in [6.45, 7) is 0.729. The van der Waals surface area contributed by atoms with Crippen molar-refractivity contribution in [2.45, 2.75) is 6.61 Å². The van der Waals surface area contributed by atoms with Crippen LogP contribution in [-0.4, -0.2) is 33.4 Å². The Balaban J connectivity index is 1.74. The molecule has 0 spiro atoms. The number of carbonyl (C=O) groups excluding carboxylic acids is 1. The van der Waals surface area contributed by atoms with Crippen LogP contribution in [-0.2, 0) is 11.3 Å². The number of ether oxygens (including phenoxy) is 5. The molecule has 0 N–H and O–H groups in total. The largest absolute Gasteiger partial charge is 0.494 e. The van der Waals surface area contributed by atoms with Crippen molar-refractivity contribution in [2.24, 2.45) is 0 Å². The van der Waals surface area contributed by atoms with E-state index in [9.17, 15) is 9.18 Å². The average molecular weight is 348 g/mol. The molecular formula is C18H17FO6. The van der Waals surface area contributed by atoms with E-state index in [1.807, 2.05) is 0 Å². The third-order valence-electron chi connectivity index (χ3n) is 3.65. The van der Waals surface area contributed by atoms with Crippen LogP contribution in [0.4, 0.5) is 4.39 Å². The number of halogens is 1. The van der Waals surface area contributed by atoms with Gasteiger partial charge in [-0.1, -0.05) is 6.07 Å². The zero-order valence-electron chi connectivity index (χ0n) is 13.8. The van der Waals surface area contributed by atoms with Crippen molar-refractivity contribution in [3.63, 3.8) is 0 Å². The van der Waals surface area contributed by atoms with Crippen LogP contribution in [0.3, 0.4) is 0 Å². The molecule has 1 aliphatic heterocycles. The molecule has 0 aromatic heterocycles. The maximum Gasteiger partial charge on any atom is 0.338 e. The van der Waals surface area contributed by atoms with E-state index in [4.69, 9.17) is 23.7 Å². The zero-order chi connectivity index (χ0) is 17.8. The second-order valence-electron chi connectivity index (χ2n) is 5.25. The van der Waals surface area contributed by atoms with Crippen LogP contribution < -0.4 is 18.9 Å². The van der Waals surface area contributed by atoms with E-state index >= 15 is 0 Å². The van der Waals surface area contributed by atoms with Crippen LogP contribution in [0.25, 0.3) is 0 Å². The quantitative estimate of drug-likeness (QED) is 0.774. The third kappa shape index (κ3) is 3.60. The Bertz CT molecular complexity index is 772. The van der Waals surface area contributed by atoms with Crippen LogP contribution in [0.15, 0.2) is 30.3 Å². The Morgan fingerprint density at radius 3 is 2.56 bits per heavy atom. The Kier molecular flexibility index (Phi) is 4.92. The molecule has 0 amide bonds. The molecule has 3 rings (SSSR count). The first-order valence-corrected chi connectivity index (χ1v) is 7.59. The van der Waals surface area contributed by atoms with Gasteiger partial charge in [-0.05, 0) is 29.8 Å². The van der Waals surface area contributed by atoms with Crippen LogP contribution in [0.2, 0.25) is 0 Å². The summed E-state index contributed by atoms with van der Waals surface area (Å²) < 4.78 is 40.0. The van der Waals surface area contributed by atoms with E-state index in [2.05, 4.69) is 0 Å². The van der Waals surface area contributed by atoms with Crippen molar-refractivity contribution in [2.75, 3.05) is 27.4 Å².